The summed E-state index contributed by atoms with van der Waals surface area (Å²) in [6.45, 7) is 1.44. The second-order valence-corrected chi connectivity index (χ2v) is 8.85. The number of hydrogen-bond acceptors (Lipinski definition) is 8. The van der Waals surface area contributed by atoms with Gasteiger partial charge >= 0.3 is 5.97 Å². The van der Waals surface area contributed by atoms with Gasteiger partial charge in [0.05, 0.1) is 6.04 Å². The van der Waals surface area contributed by atoms with Crippen LogP contribution in [0, 0.1) is 0 Å². The maximum Gasteiger partial charge on any atom is 0.326 e. The van der Waals surface area contributed by atoms with Crippen molar-refractivity contribution >= 4 is 53.1 Å². The van der Waals surface area contributed by atoms with E-state index in [1.54, 1.807) is 0 Å². The van der Waals surface area contributed by atoms with E-state index in [1.807, 2.05) is 12.5 Å². The molecule has 4 atom stereocenters. The van der Waals surface area contributed by atoms with Crippen molar-refractivity contribution in [2.75, 3.05) is 24.0 Å². The minimum absolute atomic E-state index is 0.0675. The minimum atomic E-state index is -1.17. The Morgan fingerprint density at radius 1 is 0.806 bits per heavy atom. The molecule has 0 saturated heterocycles. The molecule has 0 aromatic rings. The van der Waals surface area contributed by atoms with Gasteiger partial charge in [-0.3, -0.25) is 19.2 Å². The Morgan fingerprint density at radius 2 is 1.23 bits per heavy atom. The number of rotatable bonds is 16. The number of nitrogens with one attached hydrogen (secondary N) is 3. The van der Waals surface area contributed by atoms with Crippen molar-refractivity contribution in [2.24, 2.45) is 11.5 Å². The monoisotopic (exact) mass is 479 g/mol. The van der Waals surface area contributed by atoms with Crippen LogP contribution in [0.25, 0.3) is 0 Å². The van der Waals surface area contributed by atoms with Gasteiger partial charge in [-0.1, -0.05) is 0 Å². The van der Waals surface area contributed by atoms with Crippen LogP contribution >= 0.6 is 23.5 Å². The van der Waals surface area contributed by atoms with E-state index in [0.717, 1.165) is 0 Å². The van der Waals surface area contributed by atoms with Gasteiger partial charge in [-0.05, 0) is 50.2 Å². The molecule has 0 rings (SSSR count). The van der Waals surface area contributed by atoms with Crippen molar-refractivity contribution in [3.63, 3.8) is 0 Å². The third kappa shape index (κ3) is 12.5. The molecule has 0 aromatic heterocycles. The number of carboxylic acid groups (broad SMARTS) is 1. The van der Waals surface area contributed by atoms with Crippen LogP contribution in [0.1, 0.15) is 32.6 Å². The molecule has 13 heteroatoms. The fourth-order valence-electron chi connectivity index (χ4n) is 2.40. The molecule has 0 spiro atoms. The quantitative estimate of drug-likeness (QED) is 0.155. The SMILES string of the molecule is CSCCC(NC(=O)C(CCSC)NC(=O)C(CCC(N)=O)NC(=O)C(C)N)C(=O)O. The Kier molecular flexibility index (Phi) is 14.7. The van der Waals surface area contributed by atoms with Crippen LogP contribution in [-0.2, 0) is 24.0 Å². The highest BCUT2D eigenvalue weighted by Gasteiger charge is 2.29. The molecule has 0 aliphatic heterocycles. The van der Waals surface area contributed by atoms with Crippen molar-refractivity contribution < 1.29 is 29.1 Å². The largest absolute Gasteiger partial charge is 0.480 e. The van der Waals surface area contributed by atoms with E-state index in [-0.39, 0.29) is 25.7 Å². The van der Waals surface area contributed by atoms with Crippen LogP contribution in [-0.4, -0.2) is 82.9 Å². The molecule has 4 unspecified atom stereocenters. The van der Waals surface area contributed by atoms with Crippen LogP contribution in [0.15, 0.2) is 0 Å². The molecule has 4 amide bonds. The zero-order chi connectivity index (χ0) is 24.0. The van der Waals surface area contributed by atoms with Crippen LogP contribution in [0.5, 0.6) is 0 Å². The zero-order valence-corrected chi connectivity index (χ0v) is 19.6. The van der Waals surface area contributed by atoms with Gasteiger partial charge < -0.3 is 32.5 Å². The predicted octanol–water partition coefficient (Wildman–Crippen LogP) is -1.36. The van der Waals surface area contributed by atoms with E-state index >= 15 is 0 Å². The topological polar surface area (TPSA) is 194 Å². The Hall–Kier alpha value is -1.99. The van der Waals surface area contributed by atoms with Crippen molar-refractivity contribution in [3.05, 3.63) is 0 Å². The molecule has 0 fully saturated rings. The Balaban J connectivity index is 5.36. The van der Waals surface area contributed by atoms with Gasteiger partial charge in [0, 0.05) is 6.42 Å². The maximum absolute atomic E-state index is 12.8. The molecule has 0 radical (unpaired) electrons. The fourth-order valence-corrected chi connectivity index (χ4v) is 3.34. The van der Waals surface area contributed by atoms with Gasteiger partial charge in [0.1, 0.15) is 18.1 Å². The summed E-state index contributed by atoms with van der Waals surface area (Å²) in [7, 11) is 0. The summed E-state index contributed by atoms with van der Waals surface area (Å²) in [5, 5.41) is 16.8. The number of carboxylic acids is 1. The first kappa shape index (κ1) is 29.0. The number of hydrogen-bond donors (Lipinski definition) is 6. The number of aliphatic carboxylic acids is 1. The third-order valence-electron chi connectivity index (χ3n) is 4.19. The average molecular weight is 480 g/mol. The summed E-state index contributed by atoms with van der Waals surface area (Å²) >= 11 is 2.90. The summed E-state index contributed by atoms with van der Waals surface area (Å²) < 4.78 is 0. The van der Waals surface area contributed by atoms with Gasteiger partial charge in [-0.15, -0.1) is 0 Å². The minimum Gasteiger partial charge on any atom is -0.480 e. The van der Waals surface area contributed by atoms with Crippen molar-refractivity contribution in [3.8, 4) is 0 Å². The van der Waals surface area contributed by atoms with Crippen LogP contribution in [0.3, 0.4) is 0 Å². The van der Waals surface area contributed by atoms with Gasteiger partial charge in [0.15, 0.2) is 0 Å². The van der Waals surface area contributed by atoms with Crippen molar-refractivity contribution in [2.45, 2.75) is 56.8 Å². The molecule has 0 heterocycles. The van der Waals surface area contributed by atoms with E-state index < -0.39 is 53.8 Å². The molecule has 0 aliphatic rings. The molecular weight excluding hydrogens is 446 g/mol. The molecule has 31 heavy (non-hydrogen) atoms. The number of carbonyl (C=O) groups excluding carboxylic acids is 4. The van der Waals surface area contributed by atoms with E-state index in [0.29, 0.717) is 11.5 Å². The number of primary amides is 1. The lowest BCUT2D eigenvalue weighted by Gasteiger charge is -2.24. The standard InChI is InChI=1S/C18H33N5O6S2/c1-10(19)15(25)21-11(4-5-14(20)24)16(26)22-12(6-8-30-2)17(27)23-13(18(28)29)7-9-31-3/h10-13H,4-9,19H2,1-3H3,(H2,20,24)(H,21,25)(H,22,26)(H,23,27)(H,28,29). The molecular formula is C18H33N5O6S2. The first-order valence-electron chi connectivity index (χ1n) is 9.69. The second-order valence-electron chi connectivity index (χ2n) is 6.88. The first-order chi connectivity index (χ1) is 14.5. The average Bonchev–Trinajstić information content (AvgIpc) is 2.70. The highest BCUT2D eigenvalue weighted by Crippen LogP contribution is 2.07. The third-order valence-corrected chi connectivity index (χ3v) is 5.48. The van der Waals surface area contributed by atoms with Crippen LogP contribution in [0.4, 0.5) is 0 Å². The van der Waals surface area contributed by atoms with Crippen molar-refractivity contribution in [1.29, 1.82) is 0 Å². The molecule has 8 N–H and O–H groups in total. The van der Waals surface area contributed by atoms with Crippen molar-refractivity contribution in [1.82, 2.24) is 16.0 Å². The Labute approximate surface area is 190 Å². The van der Waals surface area contributed by atoms with Crippen LogP contribution in [0.2, 0.25) is 0 Å². The lowest BCUT2D eigenvalue weighted by molar-refractivity contribution is -0.142. The lowest BCUT2D eigenvalue weighted by atomic mass is 10.1. The maximum atomic E-state index is 12.8. The second kappa shape index (κ2) is 15.8. The van der Waals surface area contributed by atoms with E-state index in [4.69, 9.17) is 11.5 Å². The molecule has 0 aromatic carbocycles. The number of carbonyl (C=O) groups is 5. The normalized spacial score (nSPS) is 14.6. The number of amides is 4. The van der Waals surface area contributed by atoms with E-state index in [2.05, 4.69) is 16.0 Å². The van der Waals surface area contributed by atoms with Gasteiger partial charge in [0.2, 0.25) is 23.6 Å². The summed E-state index contributed by atoms with van der Waals surface area (Å²) in [5.74, 6) is -2.67. The number of nitrogens with two attached hydrogens (primary N) is 2. The molecule has 178 valence electrons. The molecule has 11 nitrogen and oxygen atoms in total. The smallest absolute Gasteiger partial charge is 0.326 e. The summed E-state index contributed by atoms with van der Waals surface area (Å²) in [6.07, 6.45) is 3.91. The molecule has 0 aliphatic carbocycles. The highest BCUT2D eigenvalue weighted by molar-refractivity contribution is 7.98. The summed E-state index contributed by atoms with van der Waals surface area (Å²) in [4.78, 5) is 59.9. The fraction of sp³-hybridized carbons (Fsp3) is 0.722. The Morgan fingerprint density at radius 3 is 1.65 bits per heavy atom. The molecule has 0 saturated carbocycles. The zero-order valence-electron chi connectivity index (χ0n) is 18.0. The number of thioether (sulfide) groups is 2. The van der Waals surface area contributed by atoms with Gasteiger partial charge in [-0.25, -0.2) is 4.79 Å². The summed E-state index contributed by atoms with van der Waals surface area (Å²) in [6, 6.07) is -4.11. The van der Waals surface area contributed by atoms with Crippen LogP contribution < -0.4 is 27.4 Å². The molecule has 0 bridgehead atoms. The summed E-state index contributed by atoms with van der Waals surface area (Å²) in [5.41, 5.74) is 10.7. The first-order valence-corrected chi connectivity index (χ1v) is 12.5. The van der Waals surface area contributed by atoms with E-state index in [9.17, 15) is 29.1 Å². The Bertz CT molecular complexity index is 635. The van der Waals surface area contributed by atoms with Gasteiger partial charge in [-0.2, -0.15) is 23.5 Å². The highest BCUT2D eigenvalue weighted by atomic mass is 32.2. The van der Waals surface area contributed by atoms with E-state index in [1.165, 1.54) is 30.4 Å². The van der Waals surface area contributed by atoms with Gasteiger partial charge in [0.25, 0.3) is 0 Å². The lowest BCUT2D eigenvalue weighted by Crippen LogP contribution is -2.57. The predicted molar refractivity (Wildman–Crippen MR) is 122 cm³/mol.